The van der Waals surface area contributed by atoms with Gasteiger partial charge in [-0.05, 0) is 95.5 Å². The van der Waals surface area contributed by atoms with E-state index in [1.165, 1.54) is 26.4 Å². The lowest BCUT2D eigenvalue weighted by Gasteiger charge is -2.18. The van der Waals surface area contributed by atoms with Gasteiger partial charge in [0.25, 0.3) is 0 Å². The van der Waals surface area contributed by atoms with Crippen LogP contribution in [0.2, 0.25) is 0 Å². The van der Waals surface area contributed by atoms with Crippen LogP contribution in [0.1, 0.15) is 88.9 Å². The number of phenols is 1. The number of hydrogen-bond acceptors (Lipinski definition) is 12. The van der Waals surface area contributed by atoms with Crippen LogP contribution in [0.15, 0.2) is 97.1 Å². The van der Waals surface area contributed by atoms with Crippen molar-refractivity contribution in [1.82, 2.24) is 0 Å². The molecule has 4 aromatic rings. The van der Waals surface area contributed by atoms with E-state index in [-0.39, 0.29) is 28.9 Å². The molecule has 13 heteroatoms. The molecule has 4 aromatic carbocycles. The second-order valence-electron chi connectivity index (χ2n) is 13.1. The minimum absolute atomic E-state index is 0.0629. The van der Waals surface area contributed by atoms with Gasteiger partial charge in [-0.15, -0.1) is 0 Å². The summed E-state index contributed by atoms with van der Waals surface area (Å²) in [6, 6.07) is 27.5. The van der Waals surface area contributed by atoms with Gasteiger partial charge < -0.3 is 38.8 Å². The van der Waals surface area contributed by atoms with Crippen molar-refractivity contribution in [1.29, 1.82) is 0 Å². The van der Waals surface area contributed by atoms with Crippen molar-refractivity contribution in [2.75, 3.05) is 14.2 Å². The van der Waals surface area contributed by atoms with Gasteiger partial charge in [-0.2, -0.15) is 0 Å². The SMILES string of the molecule is CCC(=O)OC(C)(C)C.CCC(=O)OC(C)(C)C.COc1ccc(O)cc1C=O.COc1ccc(Oc2ccccc2)cc1C=O.OB(O)c1ccccc1. The van der Waals surface area contributed by atoms with Gasteiger partial charge in [-0.1, -0.05) is 62.4 Å². The molecule has 0 heterocycles. The van der Waals surface area contributed by atoms with Gasteiger partial charge in [0, 0.05) is 12.8 Å². The molecule has 0 fully saturated rings. The second-order valence-corrected chi connectivity index (χ2v) is 13.1. The summed E-state index contributed by atoms with van der Waals surface area (Å²) in [5, 5.41) is 26.1. The average Bonchev–Trinajstić information content (AvgIpc) is 3.15. The Morgan fingerprint density at radius 2 is 1.04 bits per heavy atom. The second kappa shape index (κ2) is 26.2. The Bertz CT molecular complexity index is 1670. The van der Waals surface area contributed by atoms with Crippen LogP contribution in [0.3, 0.4) is 0 Å². The number of aldehydes is 2. The molecule has 12 nitrogen and oxygen atoms in total. The summed E-state index contributed by atoms with van der Waals surface area (Å²) in [4.78, 5) is 42.4. The Kier molecular flexibility index (Phi) is 23.5. The molecule has 0 aliphatic carbocycles. The minimum Gasteiger partial charge on any atom is -0.508 e. The number of benzene rings is 4. The van der Waals surface area contributed by atoms with Crippen molar-refractivity contribution >= 4 is 37.1 Å². The Balaban J connectivity index is 0.000000684. The molecule has 0 atom stereocenters. The molecule has 55 heavy (non-hydrogen) atoms. The Hall–Kier alpha value is -5.66. The number of methoxy groups -OCH3 is 2. The maximum atomic E-state index is 10.9. The molecular formula is C42H55BO12. The first-order valence-electron chi connectivity index (χ1n) is 17.4. The number of esters is 2. The van der Waals surface area contributed by atoms with Crippen LogP contribution in [-0.4, -0.2) is 72.2 Å². The van der Waals surface area contributed by atoms with Gasteiger partial charge in [0.1, 0.15) is 39.9 Å². The van der Waals surface area contributed by atoms with Gasteiger partial charge >= 0.3 is 19.1 Å². The largest absolute Gasteiger partial charge is 0.508 e. The lowest BCUT2D eigenvalue weighted by molar-refractivity contribution is -0.155. The van der Waals surface area contributed by atoms with Gasteiger partial charge in [0.2, 0.25) is 0 Å². The van der Waals surface area contributed by atoms with Crippen LogP contribution in [0.25, 0.3) is 0 Å². The molecule has 3 N–H and O–H groups in total. The number of phenolic OH excluding ortho intramolecular Hbond substituents is 1. The molecule has 0 spiro atoms. The van der Waals surface area contributed by atoms with Crippen molar-refractivity contribution in [3.63, 3.8) is 0 Å². The lowest BCUT2D eigenvalue weighted by Crippen LogP contribution is -2.29. The predicted octanol–water partition coefficient (Wildman–Crippen LogP) is 7.36. The summed E-state index contributed by atoms with van der Waals surface area (Å²) < 4.78 is 25.4. The molecule has 4 rings (SSSR count). The van der Waals surface area contributed by atoms with E-state index in [0.29, 0.717) is 53.0 Å². The summed E-state index contributed by atoms with van der Waals surface area (Å²) in [6.07, 6.45) is 2.30. The molecule has 0 saturated heterocycles. The van der Waals surface area contributed by atoms with E-state index in [1.54, 1.807) is 62.4 Å². The van der Waals surface area contributed by atoms with Gasteiger partial charge in [0.15, 0.2) is 12.6 Å². The molecule has 0 unspecified atom stereocenters. The number of aromatic hydroxyl groups is 1. The number of ether oxygens (including phenoxy) is 5. The quantitative estimate of drug-likeness (QED) is 0.0880. The molecule has 0 radical (unpaired) electrons. The van der Waals surface area contributed by atoms with Crippen molar-refractivity contribution in [2.24, 2.45) is 0 Å². The third-order valence-corrected chi connectivity index (χ3v) is 6.16. The number of rotatable bonds is 9. The van der Waals surface area contributed by atoms with Crippen molar-refractivity contribution < 1.29 is 58.0 Å². The van der Waals surface area contributed by atoms with E-state index in [0.717, 1.165) is 12.0 Å². The maximum Gasteiger partial charge on any atom is 0.488 e. The third-order valence-electron chi connectivity index (χ3n) is 6.16. The van der Waals surface area contributed by atoms with Crippen LogP contribution >= 0.6 is 0 Å². The summed E-state index contributed by atoms with van der Waals surface area (Å²) in [5.41, 5.74) is 0.700. The van der Waals surface area contributed by atoms with Crippen LogP contribution in [0.4, 0.5) is 0 Å². The molecule has 0 bridgehead atoms. The highest BCUT2D eigenvalue weighted by atomic mass is 16.6. The molecule has 0 amide bonds. The molecule has 298 valence electrons. The van der Waals surface area contributed by atoms with Crippen LogP contribution < -0.4 is 19.7 Å². The van der Waals surface area contributed by atoms with Crippen molar-refractivity contribution in [3.05, 3.63) is 108 Å². The Morgan fingerprint density at radius 1 is 0.618 bits per heavy atom. The normalized spacial score (nSPS) is 9.96. The predicted molar refractivity (Wildman–Crippen MR) is 213 cm³/mol. The Morgan fingerprint density at radius 3 is 1.38 bits per heavy atom. The molecule has 0 aliphatic rings. The molecular weight excluding hydrogens is 707 g/mol. The zero-order chi connectivity index (χ0) is 42.0. The van der Waals surface area contributed by atoms with Gasteiger partial charge in [-0.3, -0.25) is 19.2 Å². The fraction of sp³-hybridized carbons (Fsp3) is 0.333. The smallest absolute Gasteiger partial charge is 0.488 e. The number of hydrogen-bond donors (Lipinski definition) is 3. The Labute approximate surface area is 325 Å². The molecule has 0 saturated carbocycles. The summed E-state index contributed by atoms with van der Waals surface area (Å²) in [6.45, 7) is 14.7. The number of carbonyl (C=O) groups is 4. The molecule has 0 aromatic heterocycles. The zero-order valence-corrected chi connectivity index (χ0v) is 33.4. The van der Waals surface area contributed by atoms with Gasteiger partial charge in [-0.25, -0.2) is 0 Å². The standard InChI is InChI=1S/C14H12O3.C8H8O3.2C7H14O2.C6H7BO2/c1-16-14-8-7-13(9-11(14)10-15)17-12-5-3-2-4-6-12;1-11-8-3-2-7(10)4-6(8)5-9;2*1-5-6(8)9-7(2,3)4;8-7(9)6-4-2-1-3-5-6/h2-10H,1H3;2-5,10H,1H3;2*5H2,1-4H3;1-5,8-9H. The van der Waals surface area contributed by atoms with E-state index in [4.69, 9.17) is 38.8 Å². The summed E-state index contributed by atoms with van der Waals surface area (Å²) >= 11 is 0. The van der Waals surface area contributed by atoms with E-state index in [1.807, 2.05) is 77.9 Å². The van der Waals surface area contributed by atoms with Crippen LogP contribution in [0.5, 0.6) is 28.7 Å². The first-order valence-corrected chi connectivity index (χ1v) is 17.4. The van der Waals surface area contributed by atoms with E-state index in [2.05, 4.69) is 0 Å². The molecule has 0 aliphatic heterocycles. The first kappa shape index (κ1) is 49.3. The van der Waals surface area contributed by atoms with Gasteiger partial charge in [0.05, 0.1) is 25.3 Å². The minimum atomic E-state index is -1.34. The monoisotopic (exact) mass is 762 g/mol. The third kappa shape index (κ3) is 23.6. The van der Waals surface area contributed by atoms with E-state index < -0.39 is 7.12 Å². The highest BCUT2D eigenvalue weighted by Crippen LogP contribution is 2.26. The highest BCUT2D eigenvalue weighted by Gasteiger charge is 2.14. The topological polar surface area (TPSA) is 175 Å². The maximum absolute atomic E-state index is 10.9. The van der Waals surface area contributed by atoms with Crippen molar-refractivity contribution in [3.8, 4) is 28.7 Å². The van der Waals surface area contributed by atoms with E-state index in [9.17, 15) is 19.2 Å². The fourth-order valence-electron chi connectivity index (χ4n) is 3.76. The van der Waals surface area contributed by atoms with E-state index >= 15 is 0 Å². The van der Waals surface area contributed by atoms with Crippen molar-refractivity contribution in [2.45, 2.75) is 79.4 Å². The zero-order valence-electron chi connectivity index (χ0n) is 33.4. The summed E-state index contributed by atoms with van der Waals surface area (Å²) in [7, 11) is 1.66. The highest BCUT2D eigenvalue weighted by molar-refractivity contribution is 6.58. The summed E-state index contributed by atoms with van der Waals surface area (Å²) in [5.74, 6) is 2.14. The number of para-hydroxylation sites is 1. The first-order chi connectivity index (χ1) is 25.8. The fourth-order valence-corrected chi connectivity index (χ4v) is 3.76. The van der Waals surface area contributed by atoms with Crippen LogP contribution in [0, 0.1) is 0 Å². The lowest BCUT2D eigenvalue weighted by atomic mass is 9.81. The number of carbonyl (C=O) groups excluding carboxylic acids is 4. The van der Waals surface area contributed by atoms with Crippen LogP contribution in [-0.2, 0) is 19.1 Å². The average molecular weight is 763 g/mol.